The van der Waals surface area contributed by atoms with Crippen LogP contribution in [0.1, 0.15) is 25.5 Å². The van der Waals surface area contributed by atoms with Gasteiger partial charge in [0.05, 0.1) is 6.61 Å². The van der Waals surface area contributed by atoms with Crippen molar-refractivity contribution in [2.45, 2.75) is 25.9 Å². The summed E-state index contributed by atoms with van der Waals surface area (Å²) >= 11 is 0. The molecule has 0 aromatic heterocycles. The smallest absolute Gasteiger partial charge is 0.119 e. The van der Waals surface area contributed by atoms with Crippen molar-refractivity contribution in [1.82, 2.24) is 9.80 Å². The summed E-state index contributed by atoms with van der Waals surface area (Å²) in [6, 6.07) is 9.30. The summed E-state index contributed by atoms with van der Waals surface area (Å²) < 4.78 is 5.51. The van der Waals surface area contributed by atoms with E-state index in [-0.39, 0.29) is 0 Å². The molecule has 0 radical (unpaired) electrons. The fraction of sp³-hybridized carbons (Fsp3) is 0.647. The van der Waals surface area contributed by atoms with Crippen LogP contribution in [0.4, 0.5) is 0 Å². The summed E-state index contributed by atoms with van der Waals surface area (Å²) in [5, 5.41) is 0. The Hall–Kier alpha value is -1.10. The third-order valence-corrected chi connectivity index (χ3v) is 4.50. The van der Waals surface area contributed by atoms with E-state index >= 15 is 0 Å². The Morgan fingerprint density at radius 1 is 1.29 bits per heavy atom. The van der Waals surface area contributed by atoms with Crippen molar-refractivity contribution in [3.63, 3.8) is 0 Å². The zero-order valence-electron chi connectivity index (χ0n) is 13.7. The Kier molecular flexibility index (Phi) is 5.62. The second kappa shape index (κ2) is 7.25. The summed E-state index contributed by atoms with van der Waals surface area (Å²) in [5.74, 6) is 1.61. The molecule has 1 aliphatic heterocycles. The number of nitrogens with two attached hydrogens (primary N) is 1. The molecule has 0 bridgehead atoms. The Morgan fingerprint density at radius 3 is 2.43 bits per heavy atom. The predicted molar refractivity (Wildman–Crippen MR) is 87.6 cm³/mol. The molecular weight excluding hydrogens is 262 g/mol. The molecule has 21 heavy (non-hydrogen) atoms. The first-order valence-electron chi connectivity index (χ1n) is 7.90. The van der Waals surface area contributed by atoms with Gasteiger partial charge in [-0.05, 0) is 44.6 Å². The van der Waals surface area contributed by atoms with Crippen molar-refractivity contribution in [2.24, 2.45) is 11.7 Å². The van der Waals surface area contributed by atoms with Crippen LogP contribution in [0, 0.1) is 5.92 Å². The van der Waals surface area contributed by atoms with Crippen molar-refractivity contribution in [2.75, 3.05) is 40.3 Å². The van der Waals surface area contributed by atoms with Gasteiger partial charge >= 0.3 is 0 Å². The second-order valence-electron chi connectivity index (χ2n) is 6.22. The predicted octanol–water partition coefficient (Wildman–Crippen LogP) is 1.97. The van der Waals surface area contributed by atoms with Crippen LogP contribution in [0.5, 0.6) is 5.75 Å². The topological polar surface area (TPSA) is 41.7 Å². The van der Waals surface area contributed by atoms with Crippen LogP contribution in [-0.4, -0.2) is 56.2 Å². The molecule has 4 heteroatoms. The molecule has 1 fully saturated rings. The summed E-state index contributed by atoms with van der Waals surface area (Å²) in [6.45, 7) is 7.88. The van der Waals surface area contributed by atoms with E-state index in [4.69, 9.17) is 10.5 Å². The molecule has 2 rings (SSSR count). The SMILES string of the molecule is CCOc1ccc(C(CN)N2CC(C)C(N(C)C)C2)cc1. The van der Waals surface area contributed by atoms with E-state index in [9.17, 15) is 0 Å². The first-order chi connectivity index (χ1) is 10.1. The summed E-state index contributed by atoms with van der Waals surface area (Å²) in [7, 11) is 4.33. The van der Waals surface area contributed by atoms with Crippen LogP contribution in [0.15, 0.2) is 24.3 Å². The van der Waals surface area contributed by atoms with Gasteiger partial charge in [0.1, 0.15) is 5.75 Å². The van der Waals surface area contributed by atoms with Gasteiger partial charge in [0.25, 0.3) is 0 Å². The average Bonchev–Trinajstić information content (AvgIpc) is 2.84. The number of hydrogen-bond acceptors (Lipinski definition) is 4. The molecule has 1 heterocycles. The maximum absolute atomic E-state index is 6.06. The molecular formula is C17H29N3O. The number of ether oxygens (including phenoxy) is 1. The maximum Gasteiger partial charge on any atom is 0.119 e. The molecule has 0 amide bonds. The lowest BCUT2D eigenvalue weighted by atomic mass is 10.1. The van der Waals surface area contributed by atoms with Gasteiger partial charge in [0.2, 0.25) is 0 Å². The normalized spacial score (nSPS) is 24.5. The Labute approximate surface area is 128 Å². The van der Waals surface area contributed by atoms with Crippen molar-refractivity contribution in [1.29, 1.82) is 0 Å². The first-order valence-corrected chi connectivity index (χ1v) is 7.90. The minimum absolute atomic E-state index is 0.299. The van der Waals surface area contributed by atoms with Crippen molar-refractivity contribution in [3.05, 3.63) is 29.8 Å². The molecule has 1 saturated heterocycles. The minimum Gasteiger partial charge on any atom is -0.494 e. The van der Waals surface area contributed by atoms with E-state index in [1.807, 2.05) is 19.1 Å². The van der Waals surface area contributed by atoms with Gasteiger partial charge in [-0.15, -0.1) is 0 Å². The number of likely N-dealkylation sites (tertiary alicyclic amines) is 1. The van der Waals surface area contributed by atoms with Crippen molar-refractivity contribution < 1.29 is 4.74 Å². The molecule has 2 N–H and O–H groups in total. The summed E-state index contributed by atoms with van der Waals surface area (Å²) in [5.41, 5.74) is 7.35. The van der Waals surface area contributed by atoms with Gasteiger partial charge in [0.15, 0.2) is 0 Å². The molecule has 0 aliphatic carbocycles. The van der Waals surface area contributed by atoms with Crippen LogP contribution >= 0.6 is 0 Å². The Bertz CT molecular complexity index is 432. The molecule has 1 aromatic carbocycles. The molecule has 118 valence electrons. The van der Waals surface area contributed by atoms with Gasteiger partial charge in [-0.1, -0.05) is 19.1 Å². The van der Waals surface area contributed by atoms with Crippen molar-refractivity contribution >= 4 is 0 Å². The summed E-state index contributed by atoms with van der Waals surface area (Å²) in [4.78, 5) is 4.85. The lowest BCUT2D eigenvalue weighted by molar-refractivity contribution is 0.219. The van der Waals surface area contributed by atoms with Gasteiger partial charge in [0, 0.05) is 31.7 Å². The second-order valence-corrected chi connectivity index (χ2v) is 6.22. The van der Waals surface area contributed by atoms with E-state index < -0.39 is 0 Å². The number of benzene rings is 1. The van der Waals surface area contributed by atoms with Crippen LogP contribution < -0.4 is 10.5 Å². The van der Waals surface area contributed by atoms with Crippen LogP contribution in [0.25, 0.3) is 0 Å². The number of rotatable bonds is 6. The molecule has 1 aliphatic rings. The monoisotopic (exact) mass is 291 g/mol. The highest BCUT2D eigenvalue weighted by Crippen LogP contribution is 2.29. The van der Waals surface area contributed by atoms with E-state index in [1.165, 1.54) is 5.56 Å². The van der Waals surface area contributed by atoms with Gasteiger partial charge in [-0.2, -0.15) is 0 Å². The number of nitrogens with zero attached hydrogens (tertiary/aromatic N) is 2. The fourth-order valence-electron chi connectivity index (χ4n) is 3.36. The average molecular weight is 291 g/mol. The largest absolute Gasteiger partial charge is 0.494 e. The van der Waals surface area contributed by atoms with Crippen LogP contribution in [0.3, 0.4) is 0 Å². The van der Waals surface area contributed by atoms with Crippen LogP contribution in [0.2, 0.25) is 0 Å². The number of likely N-dealkylation sites (N-methyl/N-ethyl adjacent to an activating group) is 1. The highest BCUT2D eigenvalue weighted by molar-refractivity contribution is 5.29. The number of hydrogen-bond donors (Lipinski definition) is 1. The quantitative estimate of drug-likeness (QED) is 0.870. The molecule has 3 unspecified atom stereocenters. The van der Waals surface area contributed by atoms with Crippen molar-refractivity contribution in [3.8, 4) is 5.75 Å². The Morgan fingerprint density at radius 2 is 1.95 bits per heavy atom. The molecule has 3 atom stereocenters. The molecule has 0 spiro atoms. The van der Waals surface area contributed by atoms with E-state index in [0.717, 1.165) is 18.8 Å². The van der Waals surface area contributed by atoms with E-state index in [2.05, 4.69) is 43.0 Å². The minimum atomic E-state index is 0.299. The zero-order valence-corrected chi connectivity index (χ0v) is 13.7. The first kappa shape index (κ1) is 16.3. The molecule has 0 saturated carbocycles. The fourth-order valence-corrected chi connectivity index (χ4v) is 3.36. The van der Waals surface area contributed by atoms with Gasteiger partial charge < -0.3 is 15.4 Å². The van der Waals surface area contributed by atoms with Crippen LogP contribution in [-0.2, 0) is 0 Å². The van der Waals surface area contributed by atoms with E-state index in [1.54, 1.807) is 0 Å². The van der Waals surface area contributed by atoms with Gasteiger partial charge in [-0.3, -0.25) is 4.90 Å². The maximum atomic E-state index is 6.06. The Balaban J connectivity index is 2.09. The summed E-state index contributed by atoms with van der Waals surface area (Å²) in [6.07, 6.45) is 0. The molecule has 4 nitrogen and oxygen atoms in total. The third-order valence-electron chi connectivity index (χ3n) is 4.50. The zero-order chi connectivity index (χ0) is 15.4. The van der Waals surface area contributed by atoms with E-state index in [0.29, 0.717) is 31.2 Å². The lowest BCUT2D eigenvalue weighted by Gasteiger charge is -2.28. The molecule has 1 aromatic rings. The standard InChI is InChI=1S/C17H29N3O/c1-5-21-15-8-6-14(7-9-15)16(10-18)20-11-13(2)17(12-20)19(3)4/h6-9,13,16-17H,5,10-12,18H2,1-4H3. The highest BCUT2D eigenvalue weighted by Gasteiger charge is 2.34. The highest BCUT2D eigenvalue weighted by atomic mass is 16.5. The van der Waals surface area contributed by atoms with Gasteiger partial charge in [-0.25, -0.2) is 0 Å². The lowest BCUT2D eigenvalue weighted by Crippen LogP contribution is -2.36. The third kappa shape index (κ3) is 3.76.